The first-order valence-corrected chi connectivity index (χ1v) is 5.83. The van der Waals surface area contributed by atoms with Gasteiger partial charge in [0.05, 0.1) is 0 Å². The molecule has 0 radical (unpaired) electrons. The van der Waals surface area contributed by atoms with Gasteiger partial charge in [0, 0.05) is 0 Å². The summed E-state index contributed by atoms with van der Waals surface area (Å²) >= 11 is -11.8. The summed E-state index contributed by atoms with van der Waals surface area (Å²) in [6.45, 7) is 0. The summed E-state index contributed by atoms with van der Waals surface area (Å²) in [4.78, 5) is 0. The molecule has 0 unspecified atom stereocenters. The molecule has 0 fully saturated rings. The molecule has 68 valence electrons. The molecule has 0 heterocycles. The van der Waals surface area contributed by atoms with Crippen molar-refractivity contribution in [3.8, 4) is 0 Å². The van der Waals surface area contributed by atoms with Crippen molar-refractivity contribution in [2.75, 3.05) is 0 Å². The van der Waals surface area contributed by atoms with Gasteiger partial charge in [0.2, 0.25) is 0 Å². The maximum absolute atomic E-state index is 9.52. The fourth-order valence-corrected chi connectivity index (χ4v) is 0.473. The summed E-state index contributed by atoms with van der Waals surface area (Å²) in [6, 6.07) is 0. The Kier molecular flexibility index (Phi) is 8.14. The monoisotopic (exact) mass is 336 g/mol. The number of rotatable bonds is 4. The third kappa shape index (κ3) is 14.1. The molecule has 0 spiro atoms. The average molecular weight is 336 g/mol. The zero-order valence-electron chi connectivity index (χ0n) is 5.20. The van der Waals surface area contributed by atoms with Crippen LogP contribution in [0, 0.1) is 0 Å². The van der Waals surface area contributed by atoms with E-state index < -0.39 is 27.2 Å². The van der Waals surface area contributed by atoms with Gasteiger partial charge in [-0.15, -0.1) is 0 Å². The minimum Gasteiger partial charge on any atom is 2.00 e. The van der Waals surface area contributed by atoms with Gasteiger partial charge in [-0.1, -0.05) is 0 Å². The summed E-state index contributed by atoms with van der Waals surface area (Å²) in [7, 11) is 0. The molecular formula is Cr2O9Sr. The fourth-order valence-electron chi connectivity index (χ4n) is 0.0794. The van der Waals surface area contributed by atoms with Gasteiger partial charge in [-0.3, -0.25) is 0 Å². The molecule has 0 atom stereocenters. The van der Waals surface area contributed by atoms with Gasteiger partial charge in [0.25, 0.3) is 0 Å². The maximum Gasteiger partial charge on any atom is 2.00 e. The molecule has 0 aromatic heterocycles. The second-order valence-corrected chi connectivity index (χ2v) is 4.00. The Morgan fingerprint density at radius 2 is 1.08 bits per heavy atom. The van der Waals surface area contributed by atoms with Crippen LogP contribution in [0.4, 0.5) is 0 Å². The molecule has 0 N–H and O–H groups in total. The van der Waals surface area contributed by atoms with E-state index >= 15 is 0 Å². The van der Waals surface area contributed by atoms with Crippen molar-refractivity contribution < 1.29 is 63.7 Å². The molecule has 0 bridgehead atoms. The van der Waals surface area contributed by atoms with E-state index in [9.17, 15) is 23.5 Å². The number of hydrogen-bond donors (Lipinski definition) is 0. The smallest absolute Gasteiger partial charge is 2.00 e. The Morgan fingerprint density at radius 3 is 1.25 bits per heavy atom. The average Bonchev–Trinajstić information content (AvgIpc) is 1.55. The molecule has 12 heavy (non-hydrogen) atoms. The molecule has 0 aromatic rings. The molecule has 0 aliphatic carbocycles. The van der Waals surface area contributed by atoms with E-state index in [0.717, 1.165) is 0 Å². The largest absolute Gasteiger partial charge is 2.00 e. The molecule has 0 aliphatic rings. The van der Waals surface area contributed by atoms with Crippen LogP contribution < -0.4 is 8.32 Å². The van der Waals surface area contributed by atoms with Crippen LogP contribution in [-0.2, 0) is 55.4 Å². The van der Waals surface area contributed by atoms with E-state index in [0.29, 0.717) is 0 Å². The molecule has 0 amide bonds. The second kappa shape index (κ2) is 6.11. The van der Waals surface area contributed by atoms with Crippen molar-refractivity contribution in [3.05, 3.63) is 0 Å². The first-order valence-electron chi connectivity index (χ1n) is 1.67. The first-order chi connectivity index (χ1) is 4.71. The van der Waals surface area contributed by atoms with Crippen LogP contribution in [0.15, 0.2) is 0 Å². The molecule has 0 saturated heterocycles. The van der Waals surface area contributed by atoms with E-state index in [1.165, 1.54) is 0 Å². The SMILES string of the molecule is [O]=[Cr](=[O])([O-])[O]O[O][Cr](=[O])(=[O])[O-].[Sr+2]. The van der Waals surface area contributed by atoms with E-state index in [1.54, 1.807) is 0 Å². The third-order valence-electron chi connectivity index (χ3n) is 0.222. The molecule has 12 heteroatoms. The fraction of sp³-hybridized carbons (Fsp3) is 0. The third-order valence-corrected chi connectivity index (χ3v) is 0.916. The second-order valence-electron chi connectivity index (χ2n) is 1.02. The minimum absolute atomic E-state index is 0. The predicted molar refractivity (Wildman–Crippen MR) is 11.8 cm³/mol. The van der Waals surface area contributed by atoms with Crippen LogP contribution in [0.2, 0.25) is 0 Å². The van der Waals surface area contributed by atoms with Crippen LogP contribution in [-0.4, -0.2) is 45.5 Å². The predicted octanol–water partition coefficient (Wildman–Crippen LogP) is -3.44. The van der Waals surface area contributed by atoms with Gasteiger partial charge in [-0.05, 0) is 0 Å². The van der Waals surface area contributed by atoms with Crippen molar-refractivity contribution in [2.24, 2.45) is 0 Å². The van der Waals surface area contributed by atoms with Crippen molar-refractivity contribution >= 4 is 45.5 Å². The molecular weight excluding hydrogens is 336 g/mol. The zero-order chi connectivity index (χ0) is 9.12. The molecule has 0 saturated carbocycles. The van der Waals surface area contributed by atoms with Gasteiger partial charge in [-0.25, -0.2) is 0 Å². The van der Waals surface area contributed by atoms with Gasteiger partial charge in [0.1, 0.15) is 0 Å². The Bertz CT molecular complexity index is 261. The maximum atomic E-state index is 9.52. The standard InChI is InChI=1S/2Cr.H2O3.6O.Sr/c;;1-3-2;;;;;;;/h;;1-2H;;;;;;;/q2*+1;;;;;;2*-1;+2/p-2. The Labute approximate surface area is 107 Å². The first kappa shape index (κ1) is 16.0. The van der Waals surface area contributed by atoms with Crippen molar-refractivity contribution in [1.82, 2.24) is 0 Å². The van der Waals surface area contributed by atoms with Crippen LogP contribution in [0.25, 0.3) is 0 Å². The van der Waals surface area contributed by atoms with Gasteiger partial charge in [-0.2, -0.15) is 0 Å². The summed E-state index contributed by atoms with van der Waals surface area (Å²) in [5.41, 5.74) is 0. The van der Waals surface area contributed by atoms with Crippen LogP contribution in [0.5, 0.6) is 0 Å². The van der Waals surface area contributed by atoms with Crippen LogP contribution in [0.3, 0.4) is 0 Å². The van der Waals surface area contributed by atoms with Gasteiger partial charge < -0.3 is 0 Å². The van der Waals surface area contributed by atoms with Crippen molar-refractivity contribution in [2.45, 2.75) is 0 Å². The number of hydrogen-bond acceptors (Lipinski definition) is 9. The molecule has 0 rings (SSSR count). The normalized spacial score (nSPS) is 12.2. The van der Waals surface area contributed by atoms with E-state index in [-0.39, 0.29) is 45.5 Å². The molecule has 0 aliphatic heterocycles. The quantitative estimate of drug-likeness (QED) is 0.291. The minimum atomic E-state index is -5.91. The Balaban J connectivity index is 0. The van der Waals surface area contributed by atoms with Crippen LogP contribution >= 0.6 is 0 Å². The zero-order valence-corrected chi connectivity index (χ0v) is 11.2. The van der Waals surface area contributed by atoms with Crippen molar-refractivity contribution in [3.63, 3.8) is 0 Å². The van der Waals surface area contributed by atoms with Crippen LogP contribution in [0.1, 0.15) is 0 Å². The van der Waals surface area contributed by atoms with E-state index in [4.69, 9.17) is 0 Å². The Hall–Kier alpha value is 1.55. The van der Waals surface area contributed by atoms with E-state index in [1.807, 2.05) is 0 Å². The molecule has 9 nitrogen and oxygen atoms in total. The summed E-state index contributed by atoms with van der Waals surface area (Å²) in [6.07, 6.45) is 0. The Morgan fingerprint density at radius 1 is 0.833 bits per heavy atom. The van der Waals surface area contributed by atoms with E-state index in [2.05, 4.69) is 12.9 Å². The van der Waals surface area contributed by atoms with Gasteiger partial charge >= 0.3 is 109 Å². The van der Waals surface area contributed by atoms with Gasteiger partial charge in [0.15, 0.2) is 0 Å². The summed E-state index contributed by atoms with van der Waals surface area (Å²) in [5.74, 6) is 0. The topological polar surface area (TPSA) is 142 Å². The summed E-state index contributed by atoms with van der Waals surface area (Å²) in [5, 5.41) is 2.83. The summed E-state index contributed by atoms with van der Waals surface area (Å²) < 4.78 is 62.7. The molecule has 0 aromatic carbocycles. The van der Waals surface area contributed by atoms with Crippen molar-refractivity contribution in [1.29, 1.82) is 0 Å².